The number of para-hydroxylation sites is 1. The Hall–Kier alpha value is -1.77. The summed E-state index contributed by atoms with van der Waals surface area (Å²) in [6.07, 6.45) is -0.143. The van der Waals surface area contributed by atoms with Crippen molar-refractivity contribution in [3.63, 3.8) is 0 Å². The van der Waals surface area contributed by atoms with Crippen molar-refractivity contribution in [2.75, 3.05) is 5.75 Å². The Morgan fingerprint density at radius 2 is 1.88 bits per heavy atom. The average molecular weight is 453 g/mol. The second-order valence-electron chi connectivity index (χ2n) is 5.60. The number of thiazole rings is 1. The van der Waals surface area contributed by atoms with Crippen LogP contribution in [0, 0.1) is 0 Å². The predicted octanol–water partition coefficient (Wildman–Crippen LogP) is 3.78. The molecule has 0 bridgehead atoms. The van der Waals surface area contributed by atoms with Crippen LogP contribution in [0.1, 0.15) is 13.3 Å². The van der Waals surface area contributed by atoms with Gasteiger partial charge in [0.25, 0.3) is 0 Å². The summed E-state index contributed by atoms with van der Waals surface area (Å²) in [4.78, 5) is 17.2. The molecule has 3 rings (SSSR count). The van der Waals surface area contributed by atoms with Gasteiger partial charge in [-0.15, -0.1) is 0 Å². The van der Waals surface area contributed by atoms with Crippen molar-refractivity contribution in [2.24, 2.45) is 4.99 Å². The monoisotopic (exact) mass is 452 g/mol. The first-order chi connectivity index (χ1) is 12.4. The number of hydrogen-bond donors (Lipinski definition) is 0. The molecule has 0 saturated heterocycles. The number of aromatic nitrogens is 1. The van der Waals surface area contributed by atoms with Crippen molar-refractivity contribution in [1.29, 1.82) is 0 Å². The van der Waals surface area contributed by atoms with Gasteiger partial charge in [-0.3, -0.25) is 4.79 Å². The summed E-state index contributed by atoms with van der Waals surface area (Å²) in [5.74, 6) is -0.686. The Labute approximate surface area is 164 Å². The van der Waals surface area contributed by atoms with E-state index in [2.05, 4.69) is 20.9 Å². The van der Waals surface area contributed by atoms with E-state index in [1.54, 1.807) is 18.2 Å². The molecule has 1 amide bonds. The van der Waals surface area contributed by atoms with Gasteiger partial charge in [-0.1, -0.05) is 35.6 Å². The third-order valence-corrected chi connectivity index (χ3v) is 7.29. The highest BCUT2D eigenvalue weighted by Gasteiger charge is 2.16. The van der Waals surface area contributed by atoms with Crippen LogP contribution in [0.4, 0.5) is 0 Å². The van der Waals surface area contributed by atoms with Crippen molar-refractivity contribution in [3.05, 3.63) is 57.8 Å². The number of amides is 1. The topological polar surface area (TPSA) is 68.5 Å². The normalized spacial score (nSPS) is 12.6. The summed E-state index contributed by atoms with van der Waals surface area (Å²) in [7, 11) is -3.49. The molecule has 0 fully saturated rings. The predicted molar refractivity (Wildman–Crippen MR) is 107 cm³/mol. The molecular formula is C18H17BrN2O3S2. The largest absolute Gasteiger partial charge is 0.316 e. The smallest absolute Gasteiger partial charge is 0.249 e. The van der Waals surface area contributed by atoms with E-state index in [0.29, 0.717) is 11.3 Å². The van der Waals surface area contributed by atoms with E-state index < -0.39 is 15.7 Å². The highest BCUT2D eigenvalue weighted by atomic mass is 79.9. The molecule has 26 heavy (non-hydrogen) atoms. The molecule has 0 aliphatic rings. The maximum atomic E-state index is 12.3. The lowest BCUT2D eigenvalue weighted by Crippen LogP contribution is -2.17. The number of rotatable bonds is 5. The lowest BCUT2D eigenvalue weighted by molar-refractivity contribution is -0.117. The molecule has 0 radical (unpaired) electrons. The lowest BCUT2D eigenvalue weighted by Gasteiger charge is -2.03. The van der Waals surface area contributed by atoms with E-state index in [-0.39, 0.29) is 17.1 Å². The molecule has 5 nitrogen and oxygen atoms in total. The Morgan fingerprint density at radius 3 is 2.58 bits per heavy atom. The zero-order valence-electron chi connectivity index (χ0n) is 14.1. The third-order valence-electron chi connectivity index (χ3n) is 3.88. The molecule has 3 aromatic rings. The average Bonchev–Trinajstić information content (AvgIpc) is 2.99. The number of halogens is 1. The number of benzene rings is 2. The van der Waals surface area contributed by atoms with Gasteiger partial charge in [-0.2, -0.15) is 4.99 Å². The standard InChI is InChI=1S/C18H17BrN2O3S2/c1-2-21-17-14(19)9-6-10-15(17)25-18(21)20-16(22)11-12-26(23,24)13-7-4-3-5-8-13/h3-10H,2,11-12H2,1H3. The summed E-state index contributed by atoms with van der Waals surface area (Å²) in [6.45, 7) is 2.64. The van der Waals surface area contributed by atoms with Crippen LogP contribution >= 0.6 is 27.3 Å². The van der Waals surface area contributed by atoms with Crippen molar-refractivity contribution in [1.82, 2.24) is 4.57 Å². The van der Waals surface area contributed by atoms with Gasteiger partial charge in [0.2, 0.25) is 5.91 Å². The molecule has 1 aromatic heterocycles. The maximum absolute atomic E-state index is 12.3. The van der Waals surface area contributed by atoms with Gasteiger partial charge in [0.05, 0.1) is 20.9 Å². The lowest BCUT2D eigenvalue weighted by atomic mass is 10.3. The molecule has 0 aliphatic heterocycles. The Bertz CT molecular complexity index is 1120. The van der Waals surface area contributed by atoms with Gasteiger partial charge in [-0.25, -0.2) is 8.42 Å². The molecule has 1 heterocycles. The fourth-order valence-corrected chi connectivity index (χ4v) is 5.70. The molecule has 0 saturated carbocycles. The van der Waals surface area contributed by atoms with Crippen LogP contribution in [0.3, 0.4) is 0 Å². The van der Waals surface area contributed by atoms with Gasteiger partial charge in [-0.05, 0) is 47.1 Å². The molecule has 0 aliphatic carbocycles. The van der Waals surface area contributed by atoms with Crippen LogP contribution in [-0.4, -0.2) is 24.6 Å². The molecule has 0 spiro atoms. The van der Waals surface area contributed by atoms with E-state index in [0.717, 1.165) is 14.7 Å². The quantitative estimate of drug-likeness (QED) is 0.591. The summed E-state index contributed by atoms with van der Waals surface area (Å²) in [5, 5.41) is 0. The number of nitrogens with zero attached hydrogens (tertiary/aromatic N) is 2. The Kier molecular flexibility index (Phi) is 5.74. The van der Waals surface area contributed by atoms with Crippen LogP contribution < -0.4 is 4.80 Å². The summed E-state index contributed by atoms with van der Waals surface area (Å²) in [6, 6.07) is 14.0. The number of hydrogen-bond acceptors (Lipinski definition) is 4. The van der Waals surface area contributed by atoms with Crippen LogP contribution in [0.15, 0.2) is 62.9 Å². The minimum atomic E-state index is -3.49. The highest BCUT2D eigenvalue weighted by molar-refractivity contribution is 9.10. The first-order valence-corrected chi connectivity index (χ1v) is 11.3. The van der Waals surface area contributed by atoms with Crippen molar-refractivity contribution >= 4 is 53.2 Å². The maximum Gasteiger partial charge on any atom is 0.249 e. The fourth-order valence-electron chi connectivity index (χ4n) is 2.60. The third kappa shape index (κ3) is 3.97. The molecule has 0 atom stereocenters. The molecule has 0 unspecified atom stereocenters. The second-order valence-corrected chi connectivity index (χ2v) is 9.58. The fraction of sp³-hybridized carbons (Fsp3) is 0.222. The van der Waals surface area contributed by atoms with Gasteiger partial charge in [0, 0.05) is 17.4 Å². The van der Waals surface area contributed by atoms with Crippen molar-refractivity contribution < 1.29 is 13.2 Å². The van der Waals surface area contributed by atoms with Gasteiger partial charge in [0.1, 0.15) is 0 Å². The van der Waals surface area contributed by atoms with Gasteiger partial charge in [0.15, 0.2) is 14.6 Å². The summed E-state index contributed by atoms with van der Waals surface area (Å²) in [5.41, 5.74) is 0.989. The Balaban J connectivity index is 1.86. The van der Waals surface area contributed by atoms with E-state index in [9.17, 15) is 13.2 Å². The van der Waals surface area contributed by atoms with Crippen LogP contribution in [0.25, 0.3) is 10.2 Å². The summed E-state index contributed by atoms with van der Waals surface area (Å²) < 4.78 is 28.5. The molecule has 136 valence electrons. The number of carbonyl (C=O) groups is 1. The molecule has 8 heteroatoms. The van der Waals surface area contributed by atoms with Crippen LogP contribution in [0.2, 0.25) is 0 Å². The SMILES string of the molecule is CCn1c(=NC(=O)CCS(=O)(=O)c2ccccc2)sc2cccc(Br)c21. The highest BCUT2D eigenvalue weighted by Crippen LogP contribution is 2.25. The van der Waals surface area contributed by atoms with E-state index in [4.69, 9.17) is 0 Å². The number of fused-ring (bicyclic) bond motifs is 1. The first-order valence-electron chi connectivity index (χ1n) is 8.05. The van der Waals surface area contributed by atoms with Gasteiger partial charge < -0.3 is 4.57 Å². The molecular weight excluding hydrogens is 436 g/mol. The van der Waals surface area contributed by atoms with E-state index in [1.165, 1.54) is 23.5 Å². The van der Waals surface area contributed by atoms with Crippen LogP contribution in [0.5, 0.6) is 0 Å². The zero-order chi connectivity index (χ0) is 18.7. The van der Waals surface area contributed by atoms with Crippen molar-refractivity contribution in [3.8, 4) is 0 Å². The molecule has 2 aromatic carbocycles. The second kappa shape index (κ2) is 7.85. The minimum absolute atomic E-state index is 0.143. The number of sulfone groups is 1. The van der Waals surface area contributed by atoms with Crippen molar-refractivity contribution in [2.45, 2.75) is 24.8 Å². The van der Waals surface area contributed by atoms with E-state index in [1.807, 2.05) is 29.7 Å². The minimum Gasteiger partial charge on any atom is -0.316 e. The number of aryl methyl sites for hydroxylation is 1. The van der Waals surface area contributed by atoms with Crippen LogP contribution in [-0.2, 0) is 21.2 Å². The number of carbonyl (C=O) groups excluding carboxylic acids is 1. The first kappa shape index (κ1) is 19.0. The summed E-state index contributed by atoms with van der Waals surface area (Å²) >= 11 is 4.95. The van der Waals surface area contributed by atoms with E-state index >= 15 is 0 Å². The van der Waals surface area contributed by atoms with Gasteiger partial charge >= 0.3 is 0 Å². The molecule has 0 N–H and O–H groups in total. The Morgan fingerprint density at radius 1 is 1.15 bits per heavy atom. The zero-order valence-corrected chi connectivity index (χ0v) is 17.3.